The molecule has 0 aliphatic carbocycles. The molecule has 0 saturated carbocycles. The van der Waals surface area contributed by atoms with Crippen LogP contribution >= 0.6 is 0 Å². The SMILES string of the molecule is Cc1cc(-c2nn(CC(C)C)c(=O)c(N3CCN(C(=O)OC(C)(C)C)CC3)c2C)ccc1F. The Morgan fingerprint density at radius 3 is 2.33 bits per heavy atom. The zero-order chi connectivity index (χ0) is 24.5. The molecule has 1 aromatic carbocycles. The second-order valence-electron chi connectivity index (χ2n) is 10.1. The lowest BCUT2D eigenvalue weighted by molar-refractivity contribution is 0.0240. The summed E-state index contributed by atoms with van der Waals surface area (Å²) in [5.74, 6) is -0.0389. The highest BCUT2D eigenvalue weighted by Crippen LogP contribution is 2.28. The van der Waals surface area contributed by atoms with Gasteiger partial charge in [-0.3, -0.25) is 4.79 Å². The molecule has 1 fully saturated rings. The quantitative estimate of drug-likeness (QED) is 0.680. The summed E-state index contributed by atoms with van der Waals surface area (Å²) in [5.41, 5.74) is 2.63. The van der Waals surface area contributed by atoms with Crippen molar-refractivity contribution in [3.05, 3.63) is 45.5 Å². The average Bonchev–Trinajstić information content (AvgIpc) is 2.71. The molecule has 1 aliphatic heterocycles. The Balaban J connectivity index is 1.97. The first-order valence-corrected chi connectivity index (χ1v) is 11.5. The normalized spacial score (nSPS) is 14.7. The van der Waals surface area contributed by atoms with E-state index in [1.807, 2.05) is 46.4 Å². The lowest BCUT2D eigenvalue weighted by atomic mass is 10.0. The molecule has 1 aliphatic rings. The summed E-state index contributed by atoms with van der Waals surface area (Å²) in [6.07, 6.45) is -0.340. The molecule has 2 aromatic rings. The van der Waals surface area contributed by atoms with Crippen molar-refractivity contribution in [1.82, 2.24) is 14.7 Å². The number of rotatable bonds is 4. The first kappa shape index (κ1) is 24.7. The second-order valence-corrected chi connectivity index (χ2v) is 10.1. The van der Waals surface area contributed by atoms with E-state index in [2.05, 4.69) is 5.10 Å². The summed E-state index contributed by atoms with van der Waals surface area (Å²) in [6, 6.07) is 4.90. The molecule has 0 atom stereocenters. The fraction of sp³-hybridized carbons (Fsp3) is 0.560. The standard InChI is InChI=1S/C25H35FN4O3/c1-16(2)15-30-23(31)22(18(4)21(27-30)19-8-9-20(26)17(3)14-19)28-10-12-29(13-11-28)24(32)33-25(5,6)7/h8-9,14,16H,10-13,15H2,1-7H3. The third kappa shape index (κ3) is 5.72. The number of benzene rings is 1. The van der Waals surface area contributed by atoms with Crippen LogP contribution in [0.3, 0.4) is 0 Å². The van der Waals surface area contributed by atoms with E-state index in [4.69, 9.17) is 4.74 Å². The molecule has 0 bridgehead atoms. The molecular weight excluding hydrogens is 423 g/mol. The molecule has 2 heterocycles. The first-order valence-electron chi connectivity index (χ1n) is 11.5. The molecule has 1 aromatic heterocycles. The van der Waals surface area contributed by atoms with Gasteiger partial charge in [0.2, 0.25) is 0 Å². The maximum atomic E-state index is 13.9. The summed E-state index contributed by atoms with van der Waals surface area (Å²) in [5, 5.41) is 4.66. The van der Waals surface area contributed by atoms with Gasteiger partial charge >= 0.3 is 6.09 Å². The number of amides is 1. The van der Waals surface area contributed by atoms with Gasteiger partial charge in [0.05, 0.1) is 5.69 Å². The molecule has 0 spiro atoms. The van der Waals surface area contributed by atoms with Gasteiger partial charge < -0.3 is 14.5 Å². The van der Waals surface area contributed by atoms with Crippen LogP contribution in [0.1, 0.15) is 45.7 Å². The molecule has 1 amide bonds. The predicted octanol–water partition coefficient (Wildman–Crippen LogP) is 4.38. The lowest BCUT2D eigenvalue weighted by Crippen LogP contribution is -2.51. The highest BCUT2D eigenvalue weighted by atomic mass is 19.1. The van der Waals surface area contributed by atoms with Gasteiger partial charge in [-0.05, 0) is 64.3 Å². The maximum absolute atomic E-state index is 13.9. The molecule has 1 saturated heterocycles. The van der Waals surface area contributed by atoms with Crippen molar-refractivity contribution in [2.75, 3.05) is 31.1 Å². The zero-order valence-corrected chi connectivity index (χ0v) is 20.7. The Labute approximate surface area is 195 Å². The van der Waals surface area contributed by atoms with Crippen molar-refractivity contribution in [1.29, 1.82) is 0 Å². The number of nitrogens with zero attached hydrogens (tertiary/aromatic N) is 4. The second kappa shape index (κ2) is 9.53. The Kier molecular flexibility index (Phi) is 7.14. The monoisotopic (exact) mass is 458 g/mol. The number of carbonyl (C=O) groups excluding carboxylic acids is 1. The summed E-state index contributed by atoms with van der Waals surface area (Å²) >= 11 is 0. The van der Waals surface area contributed by atoms with Crippen molar-refractivity contribution < 1.29 is 13.9 Å². The van der Waals surface area contributed by atoms with Crippen molar-refractivity contribution in [3.8, 4) is 11.3 Å². The molecule has 180 valence electrons. The van der Waals surface area contributed by atoms with Crippen molar-refractivity contribution in [2.24, 2.45) is 5.92 Å². The van der Waals surface area contributed by atoms with E-state index in [1.54, 1.807) is 24.0 Å². The topological polar surface area (TPSA) is 67.7 Å². The van der Waals surface area contributed by atoms with Gasteiger partial charge in [-0.25, -0.2) is 13.9 Å². The number of ether oxygens (including phenoxy) is 1. The minimum Gasteiger partial charge on any atom is -0.444 e. The van der Waals surface area contributed by atoms with Gasteiger partial charge in [-0.2, -0.15) is 5.10 Å². The number of aryl methyl sites for hydroxylation is 1. The number of aromatic nitrogens is 2. The molecule has 0 unspecified atom stereocenters. The van der Waals surface area contributed by atoms with Crippen LogP contribution in [-0.4, -0.2) is 52.6 Å². The third-order valence-electron chi connectivity index (χ3n) is 5.59. The Morgan fingerprint density at radius 2 is 1.79 bits per heavy atom. The third-order valence-corrected chi connectivity index (χ3v) is 5.59. The summed E-state index contributed by atoms with van der Waals surface area (Å²) in [4.78, 5) is 29.6. The highest BCUT2D eigenvalue weighted by molar-refractivity contribution is 5.71. The minimum atomic E-state index is -0.553. The lowest BCUT2D eigenvalue weighted by Gasteiger charge is -2.37. The van der Waals surface area contributed by atoms with Crippen LogP contribution in [-0.2, 0) is 11.3 Å². The van der Waals surface area contributed by atoms with Crippen molar-refractivity contribution in [2.45, 2.75) is 60.6 Å². The predicted molar refractivity (Wildman–Crippen MR) is 128 cm³/mol. The number of hydrogen-bond donors (Lipinski definition) is 0. The van der Waals surface area contributed by atoms with Gasteiger partial charge in [0.1, 0.15) is 17.1 Å². The zero-order valence-electron chi connectivity index (χ0n) is 20.7. The van der Waals surface area contributed by atoms with E-state index >= 15 is 0 Å². The highest BCUT2D eigenvalue weighted by Gasteiger charge is 2.29. The molecule has 3 rings (SSSR count). The number of halogens is 1. The fourth-order valence-corrected chi connectivity index (χ4v) is 3.98. The van der Waals surface area contributed by atoms with Crippen molar-refractivity contribution >= 4 is 11.8 Å². The maximum Gasteiger partial charge on any atom is 0.410 e. The molecular formula is C25H35FN4O3. The number of anilines is 1. The van der Waals surface area contributed by atoms with E-state index in [9.17, 15) is 14.0 Å². The largest absolute Gasteiger partial charge is 0.444 e. The van der Waals surface area contributed by atoms with Crippen LogP contribution in [0.5, 0.6) is 0 Å². The molecule has 8 heteroatoms. The molecule has 0 radical (unpaired) electrons. The average molecular weight is 459 g/mol. The van der Waals surface area contributed by atoms with Crippen LogP contribution < -0.4 is 10.5 Å². The van der Waals surface area contributed by atoms with Gasteiger partial charge in [0.15, 0.2) is 0 Å². The fourth-order valence-electron chi connectivity index (χ4n) is 3.98. The number of hydrogen-bond acceptors (Lipinski definition) is 5. The van der Waals surface area contributed by atoms with E-state index in [0.29, 0.717) is 49.7 Å². The number of piperazine rings is 1. The molecule has 33 heavy (non-hydrogen) atoms. The smallest absolute Gasteiger partial charge is 0.410 e. The first-order chi connectivity index (χ1) is 15.4. The van der Waals surface area contributed by atoms with Crippen LogP contribution in [0.2, 0.25) is 0 Å². The number of carbonyl (C=O) groups is 1. The minimum absolute atomic E-state index is 0.144. The van der Waals surface area contributed by atoms with E-state index in [-0.39, 0.29) is 23.4 Å². The Morgan fingerprint density at radius 1 is 1.15 bits per heavy atom. The van der Waals surface area contributed by atoms with Gasteiger partial charge in [-0.15, -0.1) is 0 Å². The van der Waals surface area contributed by atoms with Gasteiger partial charge in [0, 0.05) is 43.9 Å². The summed E-state index contributed by atoms with van der Waals surface area (Å²) in [7, 11) is 0. The van der Waals surface area contributed by atoms with Gasteiger partial charge in [-0.1, -0.05) is 13.8 Å². The summed E-state index contributed by atoms with van der Waals surface area (Å²) < 4.78 is 20.9. The Hall–Kier alpha value is -2.90. The van der Waals surface area contributed by atoms with Gasteiger partial charge in [0.25, 0.3) is 5.56 Å². The van der Waals surface area contributed by atoms with Crippen LogP contribution in [0, 0.1) is 25.6 Å². The van der Waals surface area contributed by atoms with Crippen LogP contribution in [0.4, 0.5) is 14.9 Å². The molecule has 7 nitrogen and oxygen atoms in total. The Bertz CT molecular complexity index is 1080. The summed E-state index contributed by atoms with van der Waals surface area (Å²) in [6.45, 7) is 15.7. The van der Waals surface area contributed by atoms with E-state index in [0.717, 1.165) is 11.1 Å². The van der Waals surface area contributed by atoms with E-state index < -0.39 is 5.60 Å². The van der Waals surface area contributed by atoms with Crippen molar-refractivity contribution in [3.63, 3.8) is 0 Å². The van der Waals surface area contributed by atoms with Crippen LogP contribution in [0.15, 0.2) is 23.0 Å². The van der Waals surface area contributed by atoms with Crippen LogP contribution in [0.25, 0.3) is 11.3 Å². The molecule has 0 N–H and O–H groups in total. The van der Waals surface area contributed by atoms with E-state index in [1.165, 1.54) is 10.7 Å².